The van der Waals surface area contributed by atoms with Crippen LogP contribution in [0.5, 0.6) is 0 Å². The summed E-state index contributed by atoms with van der Waals surface area (Å²) < 4.78 is 37.8. The van der Waals surface area contributed by atoms with Crippen LogP contribution in [0.25, 0.3) is 0 Å². The zero-order valence-corrected chi connectivity index (χ0v) is 11.3. The van der Waals surface area contributed by atoms with Crippen molar-refractivity contribution in [3.05, 3.63) is 16.1 Å². The molecule has 1 fully saturated rings. The molecule has 2 heterocycles. The summed E-state index contributed by atoms with van der Waals surface area (Å²) in [6.07, 6.45) is -0.183. The van der Waals surface area contributed by atoms with Gasteiger partial charge in [-0.15, -0.1) is 11.3 Å². The van der Waals surface area contributed by atoms with E-state index in [-0.39, 0.29) is 5.54 Å². The predicted octanol–water partition coefficient (Wildman–Crippen LogP) is 3.79. The number of thiazole rings is 1. The molecular weight excluding hydrogens is 261 g/mol. The van der Waals surface area contributed by atoms with Crippen LogP contribution in [0, 0.1) is 5.92 Å². The quantitative estimate of drug-likeness (QED) is 0.910. The van der Waals surface area contributed by atoms with Gasteiger partial charge in [0.2, 0.25) is 0 Å². The van der Waals surface area contributed by atoms with E-state index in [4.69, 9.17) is 0 Å². The number of hydrogen-bond acceptors (Lipinski definition) is 3. The van der Waals surface area contributed by atoms with Crippen molar-refractivity contribution in [3.63, 3.8) is 0 Å². The van der Waals surface area contributed by atoms with E-state index >= 15 is 0 Å². The van der Waals surface area contributed by atoms with Crippen molar-refractivity contribution in [2.75, 3.05) is 6.54 Å². The number of rotatable bonds is 3. The standard InChI is InChI=1S/C12H17F3N2S/c1-8(2)6-11(4-3-5-17-11)9-7-16-10(18-9)12(13,14)15/h7-8,17H,3-6H2,1-2H3. The Hall–Kier alpha value is -0.620. The Labute approximate surface area is 109 Å². The van der Waals surface area contributed by atoms with Gasteiger partial charge in [0.15, 0.2) is 5.01 Å². The van der Waals surface area contributed by atoms with Crippen LogP contribution in [0.4, 0.5) is 13.2 Å². The van der Waals surface area contributed by atoms with E-state index in [0.717, 1.165) is 42.0 Å². The molecule has 1 aliphatic rings. The van der Waals surface area contributed by atoms with Crippen LogP contribution in [0.2, 0.25) is 0 Å². The zero-order chi connectivity index (χ0) is 13.4. The molecule has 1 aliphatic heterocycles. The third-order valence-electron chi connectivity index (χ3n) is 3.22. The van der Waals surface area contributed by atoms with Gasteiger partial charge >= 0.3 is 6.18 Å². The van der Waals surface area contributed by atoms with Crippen molar-refractivity contribution >= 4 is 11.3 Å². The van der Waals surface area contributed by atoms with Crippen molar-refractivity contribution in [1.82, 2.24) is 10.3 Å². The number of aromatic nitrogens is 1. The second kappa shape index (κ2) is 4.81. The van der Waals surface area contributed by atoms with E-state index in [1.54, 1.807) is 0 Å². The Morgan fingerprint density at radius 3 is 2.67 bits per heavy atom. The summed E-state index contributed by atoms with van der Waals surface area (Å²) in [5.74, 6) is 0.437. The highest BCUT2D eigenvalue weighted by molar-refractivity contribution is 7.11. The predicted molar refractivity (Wildman–Crippen MR) is 65.5 cm³/mol. The number of alkyl halides is 3. The van der Waals surface area contributed by atoms with Crippen molar-refractivity contribution in [3.8, 4) is 0 Å². The smallest absolute Gasteiger partial charge is 0.307 e. The highest BCUT2D eigenvalue weighted by atomic mass is 32.1. The van der Waals surface area contributed by atoms with E-state index in [9.17, 15) is 13.2 Å². The molecule has 6 heteroatoms. The van der Waals surface area contributed by atoms with Crippen LogP contribution in [0.3, 0.4) is 0 Å². The highest BCUT2D eigenvalue weighted by Crippen LogP contribution is 2.42. The number of hydrogen-bond donors (Lipinski definition) is 1. The van der Waals surface area contributed by atoms with E-state index < -0.39 is 11.2 Å². The Bertz CT molecular complexity index is 406. The minimum Gasteiger partial charge on any atom is -0.307 e. The molecule has 1 aromatic heterocycles. The molecule has 0 aromatic carbocycles. The van der Waals surface area contributed by atoms with Gasteiger partial charge in [0.25, 0.3) is 0 Å². The molecule has 0 radical (unpaired) electrons. The van der Waals surface area contributed by atoms with E-state index in [0.29, 0.717) is 5.92 Å². The summed E-state index contributed by atoms with van der Waals surface area (Å²) in [6, 6.07) is 0. The minimum absolute atomic E-state index is 0.296. The first-order valence-electron chi connectivity index (χ1n) is 6.12. The number of nitrogens with one attached hydrogen (secondary N) is 1. The fourth-order valence-corrected chi connectivity index (χ4v) is 3.60. The summed E-state index contributed by atoms with van der Waals surface area (Å²) in [5.41, 5.74) is -0.296. The maximum Gasteiger partial charge on any atom is 0.443 e. The number of halogens is 3. The van der Waals surface area contributed by atoms with Crippen LogP contribution >= 0.6 is 11.3 Å². The molecule has 0 bridgehead atoms. The van der Waals surface area contributed by atoms with Gasteiger partial charge in [-0.05, 0) is 31.7 Å². The fourth-order valence-electron chi connectivity index (χ4n) is 2.61. The van der Waals surface area contributed by atoms with Crippen LogP contribution in [0.1, 0.15) is 43.0 Å². The lowest BCUT2D eigenvalue weighted by molar-refractivity contribution is -0.137. The van der Waals surface area contributed by atoms with E-state index in [1.165, 1.54) is 6.20 Å². The number of nitrogens with zero attached hydrogens (tertiary/aromatic N) is 1. The molecule has 18 heavy (non-hydrogen) atoms. The van der Waals surface area contributed by atoms with E-state index in [1.807, 2.05) is 0 Å². The van der Waals surface area contributed by atoms with Gasteiger partial charge in [-0.3, -0.25) is 0 Å². The summed E-state index contributed by atoms with van der Waals surface area (Å²) in [4.78, 5) is 4.26. The van der Waals surface area contributed by atoms with Gasteiger partial charge in [0, 0.05) is 11.1 Å². The summed E-state index contributed by atoms with van der Waals surface area (Å²) in [6.45, 7) is 5.05. The SMILES string of the molecule is CC(C)CC1(c2cnc(C(F)(F)F)s2)CCCN1. The Morgan fingerprint density at radius 1 is 1.50 bits per heavy atom. The molecule has 0 spiro atoms. The van der Waals surface area contributed by atoms with Crippen LogP contribution in [-0.4, -0.2) is 11.5 Å². The largest absolute Gasteiger partial charge is 0.443 e. The molecule has 1 saturated heterocycles. The van der Waals surface area contributed by atoms with Crippen LogP contribution in [0.15, 0.2) is 6.20 Å². The molecule has 1 aromatic rings. The third-order valence-corrected chi connectivity index (χ3v) is 4.47. The van der Waals surface area contributed by atoms with Gasteiger partial charge in [-0.1, -0.05) is 13.8 Å². The van der Waals surface area contributed by atoms with Gasteiger partial charge < -0.3 is 5.32 Å². The van der Waals surface area contributed by atoms with Crippen LogP contribution in [-0.2, 0) is 11.7 Å². The molecule has 1 atom stereocenters. The lowest BCUT2D eigenvalue weighted by Crippen LogP contribution is -2.37. The molecule has 0 aliphatic carbocycles. The van der Waals surface area contributed by atoms with Gasteiger partial charge in [-0.2, -0.15) is 13.2 Å². The zero-order valence-electron chi connectivity index (χ0n) is 10.5. The van der Waals surface area contributed by atoms with Crippen molar-refractivity contribution in [2.24, 2.45) is 5.92 Å². The van der Waals surface area contributed by atoms with Gasteiger partial charge in [-0.25, -0.2) is 4.98 Å². The highest BCUT2D eigenvalue weighted by Gasteiger charge is 2.41. The average Bonchev–Trinajstić information content (AvgIpc) is 2.82. The third kappa shape index (κ3) is 2.69. The lowest BCUT2D eigenvalue weighted by Gasteiger charge is -2.30. The Balaban J connectivity index is 2.29. The second-order valence-electron chi connectivity index (χ2n) is 5.24. The maximum absolute atomic E-state index is 12.6. The topological polar surface area (TPSA) is 24.9 Å². The molecule has 2 nitrogen and oxygen atoms in total. The summed E-state index contributed by atoms with van der Waals surface area (Å²) in [5, 5.41) is 2.64. The molecular formula is C12H17F3N2S. The minimum atomic E-state index is -4.33. The molecule has 0 amide bonds. The first-order valence-corrected chi connectivity index (χ1v) is 6.94. The van der Waals surface area contributed by atoms with Gasteiger partial charge in [0.1, 0.15) is 0 Å². The van der Waals surface area contributed by atoms with Gasteiger partial charge in [0.05, 0.1) is 5.54 Å². The molecule has 2 rings (SSSR count). The lowest BCUT2D eigenvalue weighted by atomic mass is 9.86. The van der Waals surface area contributed by atoms with Crippen molar-refractivity contribution in [2.45, 2.75) is 44.8 Å². The Kier molecular flexibility index (Phi) is 3.69. The molecule has 0 saturated carbocycles. The second-order valence-corrected chi connectivity index (χ2v) is 6.27. The normalized spacial score (nSPS) is 25.0. The van der Waals surface area contributed by atoms with Crippen LogP contribution < -0.4 is 5.32 Å². The average molecular weight is 278 g/mol. The van der Waals surface area contributed by atoms with Crippen molar-refractivity contribution < 1.29 is 13.2 Å². The first-order chi connectivity index (χ1) is 8.33. The monoisotopic (exact) mass is 278 g/mol. The molecule has 1 unspecified atom stereocenters. The molecule has 1 N–H and O–H groups in total. The van der Waals surface area contributed by atoms with E-state index in [2.05, 4.69) is 24.1 Å². The first kappa shape index (κ1) is 13.8. The maximum atomic E-state index is 12.6. The summed E-state index contributed by atoms with van der Waals surface area (Å²) in [7, 11) is 0. The molecule has 102 valence electrons. The van der Waals surface area contributed by atoms with Crippen molar-refractivity contribution in [1.29, 1.82) is 0 Å². The summed E-state index contributed by atoms with van der Waals surface area (Å²) >= 11 is 0.779. The fraction of sp³-hybridized carbons (Fsp3) is 0.750. The Morgan fingerprint density at radius 2 is 2.22 bits per heavy atom.